The van der Waals surface area contributed by atoms with Gasteiger partial charge >= 0.3 is 0 Å². The number of carbonyl (C=O) groups excluding carboxylic acids is 1. The Morgan fingerprint density at radius 2 is 1.50 bits per heavy atom. The number of nitrogens with one attached hydrogen (secondary N) is 1. The second-order valence-corrected chi connectivity index (χ2v) is 9.70. The van der Waals surface area contributed by atoms with Gasteiger partial charge in [0.25, 0.3) is 5.91 Å². The number of anilines is 1. The summed E-state index contributed by atoms with van der Waals surface area (Å²) in [6, 6.07) is 25.6. The van der Waals surface area contributed by atoms with Crippen LogP contribution in [0.2, 0.25) is 0 Å². The van der Waals surface area contributed by atoms with Gasteiger partial charge in [-0.05, 0) is 23.8 Å². The van der Waals surface area contributed by atoms with Crippen LogP contribution in [-0.4, -0.2) is 25.6 Å². The Kier molecular flexibility index (Phi) is 5.48. The van der Waals surface area contributed by atoms with Gasteiger partial charge in [0.15, 0.2) is 15.0 Å². The molecule has 1 aromatic heterocycles. The van der Waals surface area contributed by atoms with Crippen LogP contribution in [0.3, 0.4) is 0 Å². The third kappa shape index (κ3) is 4.32. The second kappa shape index (κ2) is 8.22. The van der Waals surface area contributed by atoms with Crippen LogP contribution < -0.4 is 5.32 Å². The molecule has 4 aromatic rings. The summed E-state index contributed by atoms with van der Waals surface area (Å²) in [5.74, 6) is -0.409. The van der Waals surface area contributed by atoms with Crippen LogP contribution in [0.5, 0.6) is 0 Å². The van der Waals surface area contributed by atoms with E-state index >= 15 is 0 Å². The highest BCUT2D eigenvalue weighted by molar-refractivity contribution is 7.90. The number of carbonyl (C=O) groups is 1. The SMILES string of the molecule is CS(=O)(=O)c1cccc(C(=O)Nc2nc(-c3ccccc3)c(-c3ccccc3)s2)c1. The van der Waals surface area contributed by atoms with Crippen LogP contribution in [0, 0.1) is 0 Å². The van der Waals surface area contributed by atoms with Crippen molar-refractivity contribution in [1.29, 1.82) is 0 Å². The summed E-state index contributed by atoms with van der Waals surface area (Å²) in [4.78, 5) is 18.5. The molecule has 30 heavy (non-hydrogen) atoms. The molecule has 0 saturated heterocycles. The zero-order valence-electron chi connectivity index (χ0n) is 16.1. The van der Waals surface area contributed by atoms with E-state index in [0.29, 0.717) is 5.13 Å². The molecule has 0 unspecified atom stereocenters. The molecule has 0 atom stereocenters. The molecule has 0 aliphatic heterocycles. The molecule has 0 fully saturated rings. The van der Waals surface area contributed by atoms with Crippen LogP contribution in [0.15, 0.2) is 89.8 Å². The minimum absolute atomic E-state index is 0.101. The number of amides is 1. The first-order valence-corrected chi connectivity index (χ1v) is 11.9. The largest absolute Gasteiger partial charge is 0.298 e. The van der Waals surface area contributed by atoms with Crippen molar-refractivity contribution in [2.24, 2.45) is 0 Å². The van der Waals surface area contributed by atoms with Crippen molar-refractivity contribution >= 4 is 32.2 Å². The van der Waals surface area contributed by atoms with E-state index < -0.39 is 15.7 Å². The topological polar surface area (TPSA) is 76.1 Å². The lowest BCUT2D eigenvalue weighted by molar-refractivity contribution is 0.102. The molecule has 4 rings (SSSR count). The molecule has 0 spiro atoms. The van der Waals surface area contributed by atoms with Gasteiger partial charge in [-0.25, -0.2) is 13.4 Å². The van der Waals surface area contributed by atoms with Crippen molar-refractivity contribution in [2.45, 2.75) is 4.90 Å². The van der Waals surface area contributed by atoms with E-state index in [0.717, 1.165) is 28.0 Å². The van der Waals surface area contributed by atoms with Crippen LogP contribution in [0.25, 0.3) is 21.7 Å². The zero-order valence-corrected chi connectivity index (χ0v) is 17.7. The molecule has 0 bridgehead atoms. The average Bonchev–Trinajstić information content (AvgIpc) is 3.18. The van der Waals surface area contributed by atoms with Gasteiger partial charge in [-0.15, -0.1) is 0 Å². The lowest BCUT2D eigenvalue weighted by atomic mass is 10.1. The summed E-state index contributed by atoms with van der Waals surface area (Å²) in [7, 11) is -3.40. The Balaban J connectivity index is 1.70. The van der Waals surface area contributed by atoms with E-state index in [9.17, 15) is 13.2 Å². The van der Waals surface area contributed by atoms with E-state index in [2.05, 4.69) is 10.3 Å². The van der Waals surface area contributed by atoms with Crippen molar-refractivity contribution in [3.63, 3.8) is 0 Å². The lowest BCUT2D eigenvalue weighted by Gasteiger charge is -2.04. The molecule has 150 valence electrons. The minimum atomic E-state index is -3.40. The second-order valence-electron chi connectivity index (χ2n) is 6.68. The molecule has 1 heterocycles. The van der Waals surface area contributed by atoms with Crippen molar-refractivity contribution in [3.8, 4) is 21.7 Å². The number of rotatable bonds is 5. The number of nitrogens with zero attached hydrogens (tertiary/aromatic N) is 1. The first kappa shape index (κ1) is 20.0. The summed E-state index contributed by atoms with van der Waals surface area (Å²) in [6.07, 6.45) is 1.11. The van der Waals surface area contributed by atoms with Gasteiger partial charge in [0, 0.05) is 17.4 Å². The van der Waals surface area contributed by atoms with Gasteiger partial charge in [0.2, 0.25) is 0 Å². The quantitative estimate of drug-likeness (QED) is 0.472. The highest BCUT2D eigenvalue weighted by Crippen LogP contribution is 2.39. The number of aromatic nitrogens is 1. The Hall–Kier alpha value is -3.29. The molecule has 5 nitrogen and oxygen atoms in total. The van der Waals surface area contributed by atoms with Gasteiger partial charge < -0.3 is 0 Å². The van der Waals surface area contributed by atoms with Crippen LogP contribution in [0.4, 0.5) is 5.13 Å². The van der Waals surface area contributed by atoms with Gasteiger partial charge in [-0.3, -0.25) is 10.1 Å². The first-order valence-electron chi connectivity index (χ1n) is 9.15. The van der Waals surface area contributed by atoms with Gasteiger partial charge in [-0.1, -0.05) is 78.1 Å². The molecular weight excluding hydrogens is 416 g/mol. The number of hydrogen-bond acceptors (Lipinski definition) is 5. The number of thiazole rings is 1. The smallest absolute Gasteiger partial charge is 0.257 e. The fourth-order valence-corrected chi connectivity index (χ4v) is 4.64. The molecule has 0 aliphatic rings. The van der Waals surface area contributed by atoms with Crippen LogP contribution >= 0.6 is 11.3 Å². The Morgan fingerprint density at radius 3 is 2.13 bits per heavy atom. The zero-order chi connectivity index (χ0) is 21.1. The van der Waals surface area contributed by atoms with Crippen molar-refractivity contribution in [3.05, 3.63) is 90.5 Å². The number of sulfone groups is 1. The molecule has 0 radical (unpaired) electrons. The number of benzene rings is 3. The highest BCUT2D eigenvalue weighted by atomic mass is 32.2. The van der Waals surface area contributed by atoms with E-state index in [-0.39, 0.29) is 10.5 Å². The predicted octanol–water partition coefficient (Wildman–Crippen LogP) is 5.13. The highest BCUT2D eigenvalue weighted by Gasteiger charge is 2.18. The third-order valence-corrected chi connectivity index (χ3v) is 6.59. The molecule has 7 heteroatoms. The third-order valence-electron chi connectivity index (χ3n) is 4.46. The van der Waals surface area contributed by atoms with Gasteiger partial charge in [0.05, 0.1) is 15.5 Å². The molecule has 1 amide bonds. The predicted molar refractivity (Wildman–Crippen MR) is 120 cm³/mol. The molecule has 1 N–H and O–H groups in total. The fraction of sp³-hybridized carbons (Fsp3) is 0.0435. The summed E-state index contributed by atoms with van der Waals surface area (Å²) in [5.41, 5.74) is 3.00. The summed E-state index contributed by atoms with van der Waals surface area (Å²) >= 11 is 1.38. The van der Waals surface area contributed by atoms with Crippen molar-refractivity contribution < 1.29 is 13.2 Å². The Labute approximate surface area is 179 Å². The first-order chi connectivity index (χ1) is 14.4. The van der Waals surface area contributed by atoms with Crippen molar-refractivity contribution in [1.82, 2.24) is 4.98 Å². The van der Waals surface area contributed by atoms with E-state index in [4.69, 9.17) is 0 Å². The maximum Gasteiger partial charge on any atom is 0.257 e. The molecule has 3 aromatic carbocycles. The summed E-state index contributed by atoms with van der Waals surface area (Å²) in [6.45, 7) is 0. The van der Waals surface area contributed by atoms with Crippen molar-refractivity contribution in [2.75, 3.05) is 11.6 Å². The molecule has 0 aliphatic carbocycles. The lowest BCUT2D eigenvalue weighted by Crippen LogP contribution is -2.12. The van der Waals surface area contributed by atoms with Crippen LogP contribution in [0.1, 0.15) is 10.4 Å². The average molecular weight is 435 g/mol. The maximum absolute atomic E-state index is 12.7. The van der Waals surface area contributed by atoms with Gasteiger partial charge in [0.1, 0.15) is 0 Å². The van der Waals surface area contributed by atoms with E-state index in [1.165, 1.54) is 23.5 Å². The summed E-state index contributed by atoms with van der Waals surface area (Å²) < 4.78 is 23.6. The standard InChI is InChI=1S/C23H18N2O3S2/c1-30(27,28)19-14-8-13-18(15-19)22(26)25-23-24-20(16-9-4-2-5-10-16)21(29-23)17-11-6-3-7-12-17/h2-15H,1H3,(H,24,25,26). The monoisotopic (exact) mass is 434 g/mol. The Bertz CT molecular complexity index is 1240. The Morgan fingerprint density at radius 1 is 0.867 bits per heavy atom. The van der Waals surface area contributed by atoms with Crippen LogP contribution in [-0.2, 0) is 9.84 Å². The molecular formula is C23H18N2O3S2. The van der Waals surface area contributed by atoms with E-state index in [1.54, 1.807) is 12.1 Å². The maximum atomic E-state index is 12.7. The number of hydrogen-bond donors (Lipinski definition) is 1. The summed E-state index contributed by atoms with van der Waals surface area (Å²) in [5, 5.41) is 3.26. The minimum Gasteiger partial charge on any atom is -0.298 e. The van der Waals surface area contributed by atoms with E-state index in [1.807, 2.05) is 60.7 Å². The fourth-order valence-electron chi connectivity index (χ4n) is 2.99. The molecule has 0 saturated carbocycles. The normalized spacial score (nSPS) is 11.2. The van der Waals surface area contributed by atoms with Gasteiger partial charge in [-0.2, -0.15) is 0 Å².